The molecule has 1 aromatic heterocycles. The topological polar surface area (TPSA) is 68.4 Å². The van der Waals surface area contributed by atoms with Gasteiger partial charge in [-0.2, -0.15) is 0 Å². The molecule has 1 aliphatic heterocycles. The highest BCUT2D eigenvalue weighted by molar-refractivity contribution is 5.83. The fourth-order valence-electron chi connectivity index (χ4n) is 3.01. The van der Waals surface area contributed by atoms with Gasteiger partial charge in [0.25, 0.3) is 0 Å². The molecule has 5 nitrogen and oxygen atoms in total. The molecule has 0 aliphatic carbocycles. The number of fused-ring (bicyclic) bond motifs is 1. The second kappa shape index (κ2) is 6.28. The van der Waals surface area contributed by atoms with E-state index in [1.165, 1.54) is 16.5 Å². The maximum atomic E-state index is 11.2. The van der Waals surface area contributed by atoms with Crippen molar-refractivity contribution in [2.75, 3.05) is 19.7 Å². The Morgan fingerprint density at radius 3 is 2.86 bits per heavy atom. The van der Waals surface area contributed by atoms with Crippen molar-refractivity contribution in [3.63, 3.8) is 0 Å². The number of hydrogen-bond acceptors (Lipinski definition) is 3. The highest BCUT2D eigenvalue weighted by Gasteiger charge is 2.21. The number of rotatable bonds is 4. The summed E-state index contributed by atoms with van der Waals surface area (Å²) in [4.78, 5) is 16.9. The summed E-state index contributed by atoms with van der Waals surface area (Å²) in [6.45, 7) is 2.45. The van der Waals surface area contributed by atoms with Crippen molar-refractivity contribution >= 4 is 16.8 Å². The Balaban J connectivity index is 1.57. The minimum Gasteiger partial charge on any atom is -0.387 e. The van der Waals surface area contributed by atoms with Crippen LogP contribution in [0.25, 0.3) is 10.9 Å². The monoisotopic (exact) mass is 287 g/mol. The predicted octanol–water partition coefficient (Wildman–Crippen LogP) is 1.24. The van der Waals surface area contributed by atoms with Gasteiger partial charge in [-0.05, 0) is 24.5 Å². The molecule has 0 unspecified atom stereocenters. The van der Waals surface area contributed by atoms with Gasteiger partial charge in [-0.1, -0.05) is 18.2 Å². The number of piperidine rings is 1. The number of nitrogens with one attached hydrogen (secondary N) is 2. The Morgan fingerprint density at radius 1 is 1.33 bits per heavy atom. The molecule has 1 aliphatic rings. The number of para-hydroxylation sites is 1. The summed E-state index contributed by atoms with van der Waals surface area (Å²) in [5.41, 5.74) is 2.50. The van der Waals surface area contributed by atoms with Gasteiger partial charge in [0.2, 0.25) is 5.91 Å². The molecular formula is C16H21N3O2. The van der Waals surface area contributed by atoms with Crippen LogP contribution in [-0.4, -0.2) is 46.6 Å². The van der Waals surface area contributed by atoms with Crippen LogP contribution in [0.3, 0.4) is 0 Å². The molecule has 0 spiro atoms. The first-order chi connectivity index (χ1) is 10.3. The summed E-state index contributed by atoms with van der Waals surface area (Å²) in [5.74, 6) is -0.273. The highest BCUT2D eigenvalue weighted by Crippen LogP contribution is 2.21. The molecular weight excluding hydrogens is 266 g/mol. The number of nitrogens with zero attached hydrogens (tertiary/aromatic N) is 1. The lowest BCUT2D eigenvalue weighted by Crippen LogP contribution is -2.45. The number of aliphatic hydroxyl groups is 1. The zero-order chi connectivity index (χ0) is 14.7. The third-order valence-corrected chi connectivity index (χ3v) is 4.17. The summed E-state index contributed by atoms with van der Waals surface area (Å²) >= 11 is 0. The Kier molecular flexibility index (Phi) is 4.22. The van der Waals surface area contributed by atoms with Crippen LogP contribution in [0.4, 0.5) is 0 Å². The molecule has 3 rings (SSSR count). The number of aliphatic hydroxyl groups excluding tert-OH is 1. The molecule has 1 saturated heterocycles. The molecule has 21 heavy (non-hydrogen) atoms. The van der Waals surface area contributed by atoms with Gasteiger partial charge in [0, 0.05) is 42.8 Å². The van der Waals surface area contributed by atoms with Crippen molar-refractivity contribution in [1.29, 1.82) is 0 Å². The first-order valence-corrected chi connectivity index (χ1v) is 7.44. The van der Waals surface area contributed by atoms with Crippen LogP contribution in [0.1, 0.15) is 18.4 Å². The molecule has 0 atom stereocenters. The van der Waals surface area contributed by atoms with Gasteiger partial charge in [0.1, 0.15) is 6.61 Å². The smallest absolute Gasteiger partial charge is 0.245 e. The number of aromatic amines is 1. The maximum absolute atomic E-state index is 11.2. The van der Waals surface area contributed by atoms with Gasteiger partial charge in [0.15, 0.2) is 0 Å². The third kappa shape index (κ3) is 3.25. The van der Waals surface area contributed by atoms with Gasteiger partial charge >= 0.3 is 0 Å². The van der Waals surface area contributed by atoms with Gasteiger partial charge in [-0.15, -0.1) is 0 Å². The zero-order valence-corrected chi connectivity index (χ0v) is 12.0. The molecule has 1 amide bonds. The molecule has 3 N–H and O–H groups in total. The average molecular weight is 287 g/mol. The number of hydrogen-bond donors (Lipinski definition) is 3. The minimum atomic E-state index is -0.421. The van der Waals surface area contributed by atoms with E-state index in [9.17, 15) is 4.79 Å². The van der Waals surface area contributed by atoms with Gasteiger partial charge in [-0.3, -0.25) is 9.69 Å². The predicted molar refractivity (Wildman–Crippen MR) is 81.8 cm³/mol. The van der Waals surface area contributed by atoms with Crippen LogP contribution in [0.2, 0.25) is 0 Å². The van der Waals surface area contributed by atoms with E-state index in [4.69, 9.17) is 5.11 Å². The van der Waals surface area contributed by atoms with Gasteiger partial charge in [0.05, 0.1) is 0 Å². The number of aromatic nitrogens is 1. The van der Waals surface area contributed by atoms with E-state index in [0.717, 1.165) is 32.5 Å². The van der Waals surface area contributed by atoms with Gasteiger partial charge < -0.3 is 15.4 Å². The summed E-state index contributed by atoms with van der Waals surface area (Å²) in [5, 5.41) is 12.9. The molecule has 5 heteroatoms. The first kappa shape index (κ1) is 14.1. The maximum Gasteiger partial charge on any atom is 0.245 e. The number of H-pyrrole nitrogens is 1. The molecule has 2 aromatic rings. The number of likely N-dealkylation sites (tertiary alicyclic amines) is 1. The second-order valence-electron chi connectivity index (χ2n) is 5.64. The molecule has 1 fully saturated rings. The molecule has 1 aromatic carbocycles. The van der Waals surface area contributed by atoms with E-state index in [1.54, 1.807) is 0 Å². The van der Waals surface area contributed by atoms with E-state index in [0.29, 0.717) is 0 Å². The Hall–Kier alpha value is -1.85. The molecule has 112 valence electrons. The third-order valence-electron chi connectivity index (χ3n) is 4.17. The van der Waals surface area contributed by atoms with Crippen LogP contribution in [0.15, 0.2) is 30.5 Å². The fraction of sp³-hybridized carbons (Fsp3) is 0.438. The SMILES string of the molecule is O=C(CO)NC1CCN(Cc2c[nH]c3ccccc23)CC1. The Labute approximate surface area is 124 Å². The largest absolute Gasteiger partial charge is 0.387 e. The van der Waals surface area contributed by atoms with Crippen molar-refractivity contribution < 1.29 is 9.90 Å². The van der Waals surface area contributed by atoms with Crippen LogP contribution in [0.5, 0.6) is 0 Å². The van der Waals surface area contributed by atoms with E-state index in [1.807, 2.05) is 6.07 Å². The number of carbonyl (C=O) groups is 1. The van der Waals surface area contributed by atoms with Crippen molar-refractivity contribution in [3.05, 3.63) is 36.0 Å². The van der Waals surface area contributed by atoms with Crippen molar-refractivity contribution in [1.82, 2.24) is 15.2 Å². The molecule has 2 heterocycles. The van der Waals surface area contributed by atoms with E-state index < -0.39 is 6.61 Å². The van der Waals surface area contributed by atoms with Crippen LogP contribution >= 0.6 is 0 Å². The minimum absolute atomic E-state index is 0.198. The summed E-state index contributed by atoms with van der Waals surface area (Å²) in [7, 11) is 0. The molecule has 0 bridgehead atoms. The first-order valence-electron chi connectivity index (χ1n) is 7.44. The standard InChI is InChI=1S/C16H21N3O2/c20-11-16(21)18-13-5-7-19(8-6-13)10-12-9-17-15-4-2-1-3-14(12)15/h1-4,9,13,17,20H,5-8,10-11H2,(H,18,21). The zero-order valence-electron chi connectivity index (χ0n) is 12.0. The van der Waals surface area contributed by atoms with Crippen molar-refractivity contribution in [2.45, 2.75) is 25.4 Å². The highest BCUT2D eigenvalue weighted by atomic mass is 16.3. The van der Waals surface area contributed by atoms with Crippen molar-refractivity contribution in [3.8, 4) is 0 Å². The van der Waals surface area contributed by atoms with E-state index in [2.05, 4.69) is 39.6 Å². The lowest BCUT2D eigenvalue weighted by molar-refractivity contribution is -0.124. The summed E-state index contributed by atoms with van der Waals surface area (Å²) in [6.07, 6.45) is 3.96. The number of carbonyl (C=O) groups excluding carboxylic acids is 1. The Bertz CT molecular complexity index is 615. The Morgan fingerprint density at radius 2 is 2.10 bits per heavy atom. The van der Waals surface area contributed by atoms with Crippen LogP contribution < -0.4 is 5.32 Å². The summed E-state index contributed by atoms with van der Waals surface area (Å²) in [6, 6.07) is 8.54. The van der Waals surface area contributed by atoms with Gasteiger partial charge in [-0.25, -0.2) is 0 Å². The normalized spacial score (nSPS) is 17.2. The van der Waals surface area contributed by atoms with E-state index in [-0.39, 0.29) is 11.9 Å². The van der Waals surface area contributed by atoms with Crippen molar-refractivity contribution in [2.24, 2.45) is 0 Å². The average Bonchev–Trinajstić information content (AvgIpc) is 2.92. The fourth-order valence-corrected chi connectivity index (χ4v) is 3.01. The number of benzene rings is 1. The lowest BCUT2D eigenvalue weighted by Gasteiger charge is -2.32. The van der Waals surface area contributed by atoms with E-state index >= 15 is 0 Å². The number of amides is 1. The van der Waals surface area contributed by atoms with Crippen LogP contribution in [0, 0.1) is 0 Å². The molecule has 0 saturated carbocycles. The summed E-state index contributed by atoms with van der Waals surface area (Å²) < 4.78 is 0. The second-order valence-corrected chi connectivity index (χ2v) is 5.64. The van der Waals surface area contributed by atoms with Crippen LogP contribution in [-0.2, 0) is 11.3 Å². The molecule has 0 radical (unpaired) electrons. The lowest BCUT2D eigenvalue weighted by atomic mass is 10.0. The quantitative estimate of drug-likeness (QED) is 0.792.